The molecule has 0 aliphatic rings. The molecule has 130 valence electrons. The third kappa shape index (κ3) is 4.47. The zero-order valence-corrected chi connectivity index (χ0v) is 14.6. The number of amides is 1. The lowest BCUT2D eigenvalue weighted by Gasteiger charge is -2.17. The molecule has 1 heterocycles. The Kier molecular flexibility index (Phi) is 5.78. The summed E-state index contributed by atoms with van der Waals surface area (Å²) in [6.07, 6.45) is 0.689. The third-order valence-corrected chi connectivity index (χ3v) is 3.47. The van der Waals surface area contributed by atoms with Crippen molar-refractivity contribution in [3.63, 3.8) is 0 Å². The normalized spacial score (nSPS) is 12.1. The van der Waals surface area contributed by atoms with E-state index in [9.17, 15) is 4.79 Å². The lowest BCUT2D eigenvalue weighted by Crippen LogP contribution is -2.29. The van der Waals surface area contributed by atoms with Gasteiger partial charge in [-0.3, -0.25) is 4.79 Å². The smallest absolute Gasteiger partial charge is 0.252 e. The minimum absolute atomic E-state index is 0.256. The lowest BCUT2D eigenvalue weighted by atomic mass is 10.0. The molecule has 2 aromatic rings. The van der Waals surface area contributed by atoms with Gasteiger partial charge in [0.2, 0.25) is 11.8 Å². The number of nitrogens with one attached hydrogen (secondary N) is 1. The summed E-state index contributed by atoms with van der Waals surface area (Å²) >= 11 is 0. The van der Waals surface area contributed by atoms with Crippen molar-refractivity contribution in [3.05, 3.63) is 35.5 Å². The number of hydrogen-bond acceptors (Lipinski definition) is 6. The first-order chi connectivity index (χ1) is 11.4. The van der Waals surface area contributed by atoms with Crippen molar-refractivity contribution in [1.82, 2.24) is 15.5 Å². The van der Waals surface area contributed by atoms with E-state index in [1.807, 2.05) is 0 Å². The SMILES string of the molecule is COc1cc(OC)cc(C(=O)NC(CC(C)C)c2nnc(C)o2)c1. The molecule has 0 aliphatic heterocycles. The number of carbonyl (C=O) groups is 1. The molecule has 24 heavy (non-hydrogen) atoms. The summed E-state index contributed by atoms with van der Waals surface area (Å²) in [5.74, 6) is 2.07. The van der Waals surface area contributed by atoms with Crippen molar-refractivity contribution in [2.75, 3.05) is 14.2 Å². The number of benzene rings is 1. The Hall–Kier alpha value is -2.57. The van der Waals surface area contributed by atoms with E-state index in [1.54, 1.807) is 39.3 Å². The van der Waals surface area contributed by atoms with E-state index in [0.29, 0.717) is 41.2 Å². The Bertz CT molecular complexity index is 675. The van der Waals surface area contributed by atoms with Crippen LogP contribution in [0.15, 0.2) is 22.6 Å². The summed E-state index contributed by atoms with van der Waals surface area (Å²) in [5.41, 5.74) is 0.441. The van der Waals surface area contributed by atoms with Crippen molar-refractivity contribution in [2.45, 2.75) is 33.2 Å². The van der Waals surface area contributed by atoms with Crippen LogP contribution in [0.25, 0.3) is 0 Å². The molecule has 1 amide bonds. The summed E-state index contributed by atoms with van der Waals surface area (Å²) in [4.78, 5) is 12.6. The van der Waals surface area contributed by atoms with Gasteiger partial charge >= 0.3 is 0 Å². The van der Waals surface area contributed by atoms with Crippen LogP contribution in [-0.4, -0.2) is 30.3 Å². The Labute approximate surface area is 141 Å². The van der Waals surface area contributed by atoms with E-state index in [2.05, 4.69) is 29.4 Å². The molecule has 1 aromatic heterocycles. The van der Waals surface area contributed by atoms with Crippen molar-refractivity contribution in [1.29, 1.82) is 0 Å². The number of rotatable bonds is 7. The standard InChI is InChI=1S/C17H23N3O4/c1-10(2)6-15(17-20-19-11(3)24-17)18-16(21)12-7-13(22-4)9-14(8-12)23-5/h7-10,15H,6H2,1-5H3,(H,18,21). The Morgan fingerprint density at radius 1 is 1.17 bits per heavy atom. The average molecular weight is 333 g/mol. The van der Waals surface area contributed by atoms with E-state index in [0.717, 1.165) is 0 Å². The highest BCUT2D eigenvalue weighted by Crippen LogP contribution is 2.24. The molecule has 2 rings (SSSR count). The minimum Gasteiger partial charge on any atom is -0.497 e. The molecule has 7 heteroatoms. The summed E-state index contributed by atoms with van der Waals surface area (Å²) in [6, 6.07) is 4.67. The first-order valence-electron chi connectivity index (χ1n) is 7.76. The van der Waals surface area contributed by atoms with Gasteiger partial charge in [0.25, 0.3) is 5.91 Å². The van der Waals surface area contributed by atoms with Crippen molar-refractivity contribution in [3.8, 4) is 11.5 Å². The van der Waals surface area contributed by atoms with Gasteiger partial charge in [-0.25, -0.2) is 0 Å². The van der Waals surface area contributed by atoms with Crippen molar-refractivity contribution in [2.24, 2.45) is 5.92 Å². The first kappa shape index (κ1) is 17.8. The molecule has 0 saturated heterocycles. The fourth-order valence-corrected chi connectivity index (χ4v) is 2.33. The molecule has 1 aromatic carbocycles. The second-order valence-corrected chi connectivity index (χ2v) is 5.92. The van der Waals surface area contributed by atoms with Crippen LogP contribution in [0.3, 0.4) is 0 Å². The van der Waals surface area contributed by atoms with Crippen molar-refractivity contribution >= 4 is 5.91 Å². The first-order valence-corrected chi connectivity index (χ1v) is 7.76. The van der Waals surface area contributed by atoms with E-state index in [1.165, 1.54) is 0 Å². The summed E-state index contributed by atoms with van der Waals surface area (Å²) in [6.45, 7) is 5.85. The van der Waals surface area contributed by atoms with Gasteiger partial charge in [-0.1, -0.05) is 13.8 Å². The second-order valence-electron chi connectivity index (χ2n) is 5.92. The van der Waals surface area contributed by atoms with Crippen molar-refractivity contribution < 1.29 is 18.7 Å². The average Bonchev–Trinajstić information content (AvgIpc) is 2.99. The predicted molar refractivity (Wildman–Crippen MR) is 88.2 cm³/mol. The predicted octanol–water partition coefficient (Wildman–Crippen LogP) is 2.91. The van der Waals surface area contributed by atoms with E-state index in [-0.39, 0.29) is 11.9 Å². The Morgan fingerprint density at radius 2 is 1.79 bits per heavy atom. The van der Waals surface area contributed by atoms with Crippen LogP contribution >= 0.6 is 0 Å². The molecule has 1 N–H and O–H groups in total. The summed E-state index contributed by atoms with van der Waals surface area (Å²) < 4.78 is 15.9. The van der Waals surface area contributed by atoms with E-state index < -0.39 is 0 Å². The minimum atomic E-state index is -0.351. The highest BCUT2D eigenvalue weighted by molar-refractivity contribution is 5.95. The third-order valence-electron chi connectivity index (χ3n) is 3.47. The largest absolute Gasteiger partial charge is 0.497 e. The fraction of sp³-hybridized carbons (Fsp3) is 0.471. The molecule has 7 nitrogen and oxygen atoms in total. The second kappa shape index (κ2) is 7.81. The number of hydrogen-bond donors (Lipinski definition) is 1. The molecule has 0 bridgehead atoms. The van der Waals surface area contributed by atoms with Crippen LogP contribution in [0.4, 0.5) is 0 Å². The van der Waals surface area contributed by atoms with Crippen LogP contribution in [0.2, 0.25) is 0 Å². The van der Waals surface area contributed by atoms with Gasteiger partial charge in [-0.05, 0) is 24.5 Å². The molecule has 1 atom stereocenters. The van der Waals surface area contributed by atoms with Gasteiger partial charge in [-0.2, -0.15) is 0 Å². The van der Waals surface area contributed by atoms with Gasteiger partial charge in [0, 0.05) is 18.6 Å². The number of aromatic nitrogens is 2. The quantitative estimate of drug-likeness (QED) is 0.838. The molecule has 0 spiro atoms. The Balaban J connectivity index is 2.24. The number of carbonyl (C=O) groups excluding carboxylic acids is 1. The van der Waals surface area contributed by atoms with Gasteiger partial charge in [0.15, 0.2) is 0 Å². The number of ether oxygens (including phenoxy) is 2. The van der Waals surface area contributed by atoms with Crippen LogP contribution in [-0.2, 0) is 0 Å². The molecule has 0 fully saturated rings. The van der Waals surface area contributed by atoms with Crippen LogP contribution in [0, 0.1) is 12.8 Å². The monoisotopic (exact) mass is 333 g/mol. The highest BCUT2D eigenvalue weighted by Gasteiger charge is 2.22. The summed E-state index contributed by atoms with van der Waals surface area (Å²) in [7, 11) is 3.08. The zero-order chi connectivity index (χ0) is 17.7. The lowest BCUT2D eigenvalue weighted by molar-refractivity contribution is 0.0923. The molecular weight excluding hydrogens is 310 g/mol. The van der Waals surface area contributed by atoms with Gasteiger partial charge in [0.1, 0.15) is 17.5 Å². The topological polar surface area (TPSA) is 86.5 Å². The zero-order valence-electron chi connectivity index (χ0n) is 14.6. The van der Waals surface area contributed by atoms with Crippen LogP contribution in [0.1, 0.15) is 48.4 Å². The van der Waals surface area contributed by atoms with Crippen LogP contribution in [0.5, 0.6) is 11.5 Å². The molecule has 0 radical (unpaired) electrons. The maximum absolute atomic E-state index is 12.6. The highest BCUT2D eigenvalue weighted by atomic mass is 16.5. The van der Waals surface area contributed by atoms with Gasteiger partial charge in [0.05, 0.1) is 14.2 Å². The molecule has 1 unspecified atom stereocenters. The van der Waals surface area contributed by atoms with Crippen LogP contribution < -0.4 is 14.8 Å². The molecular formula is C17H23N3O4. The number of nitrogens with zero attached hydrogens (tertiary/aromatic N) is 2. The maximum atomic E-state index is 12.6. The Morgan fingerprint density at radius 3 is 2.25 bits per heavy atom. The van der Waals surface area contributed by atoms with E-state index >= 15 is 0 Å². The number of methoxy groups -OCH3 is 2. The van der Waals surface area contributed by atoms with Gasteiger partial charge < -0.3 is 19.2 Å². The van der Waals surface area contributed by atoms with Gasteiger partial charge in [-0.15, -0.1) is 10.2 Å². The fourth-order valence-electron chi connectivity index (χ4n) is 2.33. The molecule has 0 aliphatic carbocycles. The molecule has 0 saturated carbocycles. The number of aryl methyl sites for hydroxylation is 1. The van der Waals surface area contributed by atoms with E-state index in [4.69, 9.17) is 13.9 Å². The maximum Gasteiger partial charge on any atom is 0.252 e. The summed E-state index contributed by atoms with van der Waals surface area (Å²) in [5, 5.41) is 10.8.